The number of nitrogens with two attached hydrogens (primary N) is 1. The van der Waals surface area contributed by atoms with E-state index in [2.05, 4.69) is 10.3 Å². The summed E-state index contributed by atoms with van der Waals surface area (Å²) in [4.78, 5) is 0. The molecule has 0 fully saturated rings. The first kappa shape index (κ1) is 11.0. The third-order valence-electron chi connectivity index (χ3n) is 2.94. The molecule has 0 saturated carbocycles. The summed E-state index contributed by atoms with van der Waals surface area (Å²) < 4.78 is 12.5. The van der Waals surface area contributed by atoms with Crippen molar-refractivity contribution in [2.75, 3.05) is 6.79 Å². The second-order valence-corrected chi connectivity index (χ2v) is 3.97. The summed E-state index contributed by atoms with van der Waals surface area (Å²) in [6.45, 7) is 3.40. The van der Waals surface area contributed by atoms with Crippen LogP contribution in [0, 0.1) is 0 Å². The highest BCUT2D eigenvalue weighted by atomic mass is 16.7. The second kappa shape index (κ2) is 4.30. The van der Waals surface area contributed by atoms with E-state index in [-0.39, 0.29) is 6.79 Å². The first-order valence-corrected chi connectivity index (χ1v) is 5.86. The lowest BCUT2D eigenvalue weighted by molar-refractivity contribution is 0.174. The molecule has 0 amide bonds. The van der Waals surface area contributed by atoms with Crippen molar-refractivity contribution in [3.63, 3.8) is 0 Å². The van der Waals surface area contributed by atoms with Gasteiger partial charge in [0.25, 0.3) is 0 Å². The summed E-state index contributed by atoms with van der Waals surface area (Å²) in [5.41, 5.74) is 8.42. The molecule has 1 aromatic heterocycles. The number of aromatic nitrogens is 3. The molecule has 2 heterocycles. The maximum absolute atomic E-state index is 5.70. The van der Waals surface area contributed by atoms with Gasteiger partial charge < -0.3 is 15.2 Å². The lowest BCUT2D eigenvalue weighted by atomic mass is 10.1. The van der Waals surface area contributed by atoms with Crippen LogP contribution in [-0.2, 0) is 13.1 Å². The van der Waals surface area contributed by atoms with Crippen LogP contribution in [0.1, 0.15) is 12.6 Å². The molecule has 0 spiro atoms. The van der Waals surface area contributed by atoms with Gasteiger partial charge >= 0.3 is 0 Å². The van der Waals surface area contributed by atoms with Gasteiger partial charge in [0.05, 0.1) is 5.69 Å². The lowest BCUT2D eigenvalue weighted by Crippen LogP contribution is -2.02. The Bertz CT molecular complexity index is 558. The molecule has 0 atom stereocenters. The van der Waals surface area contributed by atoms with Crippen LogP contribution in [0.25, 0.3) is 11.3 Å². The summed E-state index contributed by atoms with van der Waals surface area (Å²) in [5.74, 6) is 1.52. The quantitative estimate of drug-likeness (QED) is 0.879. The van der Waals surface area contributed by atoms with E-state index in [4.69, 9.17) is 15.2 Å². The van der Waals surface area contributed by atoms with Crippen molar-refractivity contribution in [3.8, 4) is 22.8 Å². The van der Waals surface area contributed by atoms with Gasteiger partial charge in [-0.2, -0.15) is 0 Å². The standard InChI is InChI=1S/C12H14N4O2/c1-2-16-12(9(6-13)14-15-16)8-3-4-10-11(5-8)18-7-17-10/h3-5H,2,6-7,13H2,1H3. The van der Waals surface area contributed by atoms with Gasteiger partial charge in [-0.15, -0.1) is 5.10 Å². The molecule has 1 aliphatic heterocycles. The van der Waals surface area contributed by atoms with Crippen LogP contribution in [0.4, 0.5) is 0 Å². The summed E-state index contributed by atoms with van der Waals surface area (Å²) in [7, 11) is 0. The summed E-state index contributed by atoms with van der Waals surface area (Å²) >= 11 is 0. The predicted octanol–water partition coefficient (Wildman–Crippen LogP) is 1.15. The van der Waals surface area contributed by atoms with E-state index in [1.807, 2.05) is 29.8 Å². The molecule has 2 aromatic rings. The predicted molar refractivity (Wildman–Crippen MR) is 65.1 cm³/mol. The van der Waals surface area contributed by atoms with Crippen molar-refractivity contribution in [3.05, 3.63) is 23.9 Å². The number of ether oxygens (including phenoxy) is 2. The van der Waals surface area contributed by atoms with Crippen LogP contribution in [0.15, 0.2) is 18.2 Å². The molecule has 0 saturated heterocycles. The zero-order chi connectivity index (χ0) is 12.5. The molecule has 0 bridgehead atoms. The summed E-state index contributed by atoms with van der Waals surface area (Å²) in [6, 6.07) is 5.80. The molecule has 0 radical (unpaired) electrons. The van der Waals surface area contributed by atoms with Crippen molar-refractivity contribution < 1.29 is 9.47 Å². The summed E-state index contributed by atoms with van der Waals surface area (Å²) in [5, 5.41) is 8.18. The lowest BCUT2D eigenvalue weighted by Gasteiger charge is -2.06. The molecule has 3 rings (SSSR count). The molecular weight excluding hydrogens is 232 g/mol. The molecular formula is C12H14N4O2. The van der Waals surface area contributed by atoms with Gasteiger partial charge in [0.1, 0.15) is 5.69 Å². The number of hydrogen-bond acceptors (Lipinski definition) is 5. The van der Waals surface area contributed by atoms with Gasteiger partial charge in [0, 0.05) is 18.7 Å². The topological polar surface area (TPSA) is 75.2 Å². The maximum Gasteiger partial charge on any atom is 0.231 e. The van der Waals surface area contributed by atoms with Crippen LogP contribution in [0.3, 0.4) is 0 Å². The Hall–Kier alpha value is -2.08. The van der Waals surface area contributed by atoms with Crippen LogP contribution in [-0.4, -0.2) is 21.8 Å². The average molecular weight is 246 g/mol. The molecule has 1 aliphatic rings. The van der Waals surface area contributed by atoms with Gasteiger partial charge in [-0.05, 0) is 25.1 Å². The number of hydrogen-bond donors (Lipinski definition) is 1. The van der Waals surface area contributed by atoms with Crippen LogP contribution >= 0.6 is 0 Å². The molecule has 6 heteroatoms. The zero-order valence-corrected chi connectivity index (χ0v) is 10.1. The Balaban J connectivity index is 2.11. The van der Waals surface area contributed by atoms with Gasteiger partial charge in [-0.25, -0.2) is 4.68 Å². The smallest absolute Gasteiger partial charge is 0.231 e. The van der Waals surface area contributed by atoms with Crippen LogP contribution in [0.5, 0.6) is 11.5 Å². The van der Waals surface area contributed by atoms with E-state index in [1.54, 1.807) is 0 Å². The molecule has 6 nitrogen and oxygen atoms in total. The van der Waals surface area contributed by atoms with Crippen molar-refractivity contribution >= 4 is 0 Å². The van der Waals surface area contributed by atoms with Gasteiger partial charge in [-0.3, -0.25) is 0 Å². The average Bonchev–Trinajstić information content (AvgIpc) is 3.03. The highest BCUT2D eigenvalue weighted by molar-refractivity contribution is 5.66. The number of fused-ring (bicyclic) bond motifs is 1. The molecule has 18 heavy (non-hydrogen) atoms. The van der Waals surface area contributed by atoms with Gasteiger partial charge in [0.15, 0.2) is 11.5 Å². The third-order valence-corrected chi connectivity index (χ3v) is 2.94. The number of rotatable bonds is 3. The molecule has 1 aromatic carbocycles. The second-order valence-electron chi connectivity index (χ2n) is 3.97. The Labute approximate surface area is 104 Å². The fourth-order valence-corrected chi connectivity index (χ4v) is 2.07. The minimum Gasteiger partial charge on any atom is -0.454 e. The molecule has 94 valence electrons. The van der Waals surface area contributed by atoms with Crippen LogP contribution in [0.2, 0.25) is 0 Å². The number of aryl methyl sites for hydroxylation is 1. The van der Waals surface area contributed by atoms with E-state index in [0.29, 0.717) is 6.54 Å². The third kappa shape index (κ3) is 1.62. The van der Waals surface area contributed by atoms with E-state index >= 15 is 0 Å². The molecule has 2 N–H and O–H groups in total. The van der Waals surface area contributed by atoms with Crippen molar-refractivity contribution in [1.82, 2.24) is 15.0 Å². The van der Waals surface area contributed by atoms with Crippen molar-refractivity contribution in [1.29, 1.82) is 0 Å². The van der Waals surface area contributed by atoms with E-state index in [0.717, 1.165) is 35.0 Å². The van der Waals surface area contributed by atoms with E-state index in [9.17, 15) is 0 Å². The first-order chi connectivity index (χ1) is 8.83. The fourth-order valence-electron chi connectivity index (χ4n) is 2.07. The highest BCUT2D eigenvalue weighted by Gasteiger charge is 2.18. The van der Waals surface area contributed by atoms with E-state index < -0.39 is 0 Å². The fraction of sp³-hybridized carbons (Fsp3) is 0.333. The monoisotopic (exact) mass is 246 g/mol. The van der Waals surface area contributed by atoms with Crippen molar-refractivity contribution in [2.45, 2.75) is 20.0 Å². The number of nitrogens with zero attached hydrogens (tertiary/aromatic N) is 3. The normalized spacial score (nSPS) is 13.0. The van der Waals surface area contributed by atoms with Crippen LogP contribution < -0.4 is 15.2 Å². The van der Waals surface area contributed by atoms with Gasteiger partial charge in [0.2, 0.25) is 6.79 Å². The van der Waals surface area contributed by atoms with E-state index in [1.165, 1.54) is 0 Å². The minimum atomic E-state index is 0.272. The maximum atomic E-state index is 5.70. The molecule has 0 aliphatic carbocycles. The highest BCUT2D eigenvalue weighted by Crippen LogP contribution is 2.36. The summed E-state index contributed by atoms with van der Waals surface area (Å²) in [6.07, 6.45) is 0. The Kier molecular flexibility index (Phi) is 2.64. The van der Waals surface area contributed by atoms with Crippen molar-refractivity contribution in [2.24, 2.45) is 5.73 Å². The first-order valence-electron chi connectivity index (χ1n) is 5.86. The SMILES string of the molecule is CCn1nnc(CN)c1-c1ccc2c(c1)OCO2. The minimum absolute atomic E-state index is 0.272. The number of benzene rings is 1. The zero-order valence-electron chi connectivity index (χ0n) is 10.1. The Morgan fingerprint density at radius 2 is 2.17 bits per heavy atom. The largest absolute Gasteiger partial charge is 0.454 e. The molecule has 0 unspecified atom stereocenters. The Morgan fingerprint density at radius 1 is 1.33 bits per heavy atom. The Morgan fingerprint density at radius 3 is 2.94 bits per heavy atom. The van der Waals surface area contributed by atoms with Gasteiger partial charge in [-0.1, -0.05) is 5.21 Å².